The van der Waals surface area contributed by atoms with Gasteiger partial charge in [-0.05, 0) is 0 Å². The van der Waals surface area contributed by atoms with Crippen molar-refractivity contribution in [2.45, 2.75) is 0 Å². The van der Waals surface area contributed by atoms with E-state index >= 15 is 0 Å². The second-order valence-corrected chi connectivity index (χ2v) is 3.63. The molecule has 0 bridgehead atoms. The van der Waals surface area contributed by atoms with Crippen molar-refractivity contribution in [3.05, 3.63) is 23.1 Å². The first-order valence-corrected chi connectivity index (χ1v) is 5.19. The van der Waals surface area contributed by atoms with Crippen LogP contribution in [0.15, 0.2) is 18.5 Å². The minimum Gasteiger partial charge on any atom is -0.369 e. The van der Waals surface area contributed by atoms with E-state index in [1.807, 2.05) is 5.32 Å². The molecule has 0 aromatic carbocycles. The molecule has 0 atom stereocenters. The fraction of sp³-hybridized carbons (Fsp3) is 0. The summed E-state index contributed by atoms with van der Waals surface area (Å²) in [6.45, 7) is 0. The second-order valence-electron chi connectivity index (χ2n) is 3.24. The number of amides is 2. The summed E-state index contributed by atoms with van der Waals surface area (Å²) in [5.74, 6) is -0.371. The molecule has 92 valence electrons. The van der Waals surface area contributed by atoms with Gasteiger partial charge in [-0.3, -0.25) is 14.9 Å². The van der Waals surface area contributed by atoms with Gasteiger partial charge >= 0.3 is 0 Å². The molecule has 0 fully saturated rings. The summed E-state index contributed by atoms with van der Waals surface area (Å²) >= 11 is 4.91. The highest BCUT2D eigenvalue weighted by Gasteiger charge is 2.06. The van der Waals surface area contributed by atoms with E-state index in [0.29, 0.717) is 15.8 Å². The maximum atomic E-state index is 10.0. The monoisotopic (exact) mass is 264 g/mol. The van der Waals surface area contributed by atoms with Crippen molar-refractivity contribution in [1.29, 1.82) is 0 Å². The first-order valence-electron chi connectivity index (χ1n) is 4.78. The topological polar surface area (TPSA) is 130 Å². The van der Waals surface area contributed by atoms with Gasteiger partial charge in [-0.2, -0.15) is 0 Å². The third-order valence-electron chi connectivity index (χ3n) is 1.95. The average molecular weight is 264 g/mol. The molecule has 0 unspecified atom stereocenters. The lowest BCUT2D eigenvalue weighted by Crippen LogP contribution is -2.19. The minimum atomic E-state index is -0.329. The van der Waals surface area contributed by atoms with Gasteiger partial charge in [-0.1, -0.05) is 12.2 Å². The SMILES string of the molecule is Nc1nc(=S)c2[nH]cnc2[nH]1.O=C1C=CC(=O)N1. The molecule has 2 aromatic heterocycles. The van der Waals surface area contributed by atoms with Crippen LogP contribution < -0.4 is 11.1 Å². The van der Waals surface area contributed by atoms with Crippen LogP contribution in [0.3, 0.4) is 0 Å². The van der Waals surface area contributed by atoms with Crippen LogP contribution in [0.5, 0.6) is 0 Å². The number of aromatic amines is 2. The van der Waals surface area contributed by atoms with Crippen LogP contribution >= 0.6 is 12.2 Å². The molecule has 2 aromatic rings. The number of anilines is 1. The number of hydrogen-bond donors (Lipinski definition) is 4. The van der Waals surface area contributed by atoms with Crippen molar-refractivity contribution < 1.29 is 9.59 Å². The van der Waals surface area contributed by atoms with E-state index in [2.05, 4.69) is 19.9 Å². The molecule has 9 heteroatoms. The zero-order valence-corrected chi connectivity index (χ0v) is 9.75. The fourth-order valence-corrected chi connectivity index (χ4v) is 1.48. The van der Waals surface area contributed by atoms with E-state index in [0.717, 1.165) is 0 Å². The van der Waals surface area contributed by atoms with Crippen LogP contribution in [0.4, 0.5) is 5.95 Å². The summed E-state index contributed by atoms with van der Waals surface area (Å²) in [6, 6.07) is 0. The van der Waals surface area contributed by atoms with Gasteiger partial charge in [-0.15, -0.1) is 0 Å². The Morgan fingerprint density at radius 3 is 2.44 bits per heavy atom. The predicted molar refractivity (Wildman–Crippen MR) is 65.8 cm³/mol. The van der Waals surface area contributed by atoms with Crippen LogP contribution in [-0.4, -0.2) is 31.8 Å². The van der Waals surface area contributed by atoms with Gasteiger partial charge in [0.1, 0.15) is 5.52 Å². The van der Waals surface area contributed by atoms with Crippen LogP contribution in [0.1, 0.15) is 0 Å². The Morgan fingerprint density at radius 2 is 1.89 bits per heavy atom. The number of carbonyl (C=O) groups is 2. The Morgan fingerprint density at radius 1 is 1.22 bits per heavy atom. The quantitative estimate of drug-likeness (QED) is 0.385. The minimum absolute atomic E-state index is 0.287. The first-order chi connectivity index (χ1) is 8.56. The van der Waals surface area contributed by atoms with Crippen molar-refractivity contribution in [3.8, 4) is 0 Å². The van der Waals surface area contributed by atoms with Crippen molar-refractivity contribution in [1.82, 2.24) is 25.3 Å². The number of hydrogen-bond acceptors (Lipinski definition) is 6. The van der Waals surface area contributed by atoms with Crippen LogP contribution in [0, 0.1) is 4.64 Å². The number of fused-ring (bicyclic) bond motifs is 1. The van der Waals surface area contributed by atoms with Crippen molar-refractivity contribution in [2.24, 2.45) is 0 Å². The lowest BCUT2D eigenvalue weighted by atomic mass is 10.6. The van der Waals surface area contributed by atoms with Gasteiger partial charge < -0.3 is 15.7 Å². The zero-order chi connectivity index (χ0) is 13.1. The number of nitrogens with zero attached hydrogens (tertiary/aromatic N) is 2. The number of nitrogen functional groups attached to an aromatic ring is 1. The third-order valence-corrected chi connectivity index (χ3v) is 2.25. The molecule has 0 saturated carbocycles. The Balaban J connectivity index is 0.000000149. The third kappa shape index (κ3) is 2.58. The van der Waals surface area contributed by atoms with Gasteiger partial charge in [-0.25, -0.2) is 9.97 Å². The molecule has 0 saturated heterocycles. The van der Waals surface area contributed by atoms with Crippen molar-refractivity contribution >= 4 is 41.1 Å². The number of nitrogens with two attached hydrogens (primary N) is 1. The Labute approximate surface area is 105 Å². The molecule has 1 aliphatic rings. The summed E-state index contributed by atoms with van der Waals surface area (Å²) in [6.07, 6.45) is 3.93. The summed E-state index contributed by atoms with van der Waals surface area (Å²) in [4.78, 5) is 33.5. The number of carbonyl (C=O) groups excluding carboxylic acids is 2. The highest BCUT2D eigenvalue weighted by molar-refractivity contribution is 7.71. The largest absolute Gasteiger partial charge is 0.369 e. The lowest BCUT2D eigenvalue weighted by molar-refractivity contribution is -0.123. The maximum absolute atomic E-state index is 10.0. The highest BCUT2D eigenvalue weighted by atomic mass is 32.1. The van der Waals surface area contributed by atoms with Crippen molar-refractivity contribution in [3.63, 3.8) is 0 Å². The van der Waals surface area contributed by atoms with Gasteiger partial charge in [0, 0.05) is 12.2 Å². The van der Waals surface area contributed by atoms with E-state index in [-0.39, 0.29) is 17.8 Å². The summed E-state index contributed by atoms with van der Waals surface area (Å²) in [5.41, 5.74) is 6.75. The number of imidazole rings is 1. The fourth-order valence-electron chi connectivity index (χ4n) is 1.22. The molecule has 2 amide bonds. The molecular formula is C9H8N6O2S. The van der Waals surface area contributed by atoms with Gasteiger partial charge in [0.25, 0.3) is 11.8 Å². The van der Waals surface area contributed by atoms with Gasteiger partial charge in [0.2, 0.25) is 5.95 Å². The predicted octanol–water partition coefficient (Wildman–Crippen LogP) is -0.203. The zero-order valence-electron chi connectivity index (χ0n) is 8.93. The number of aromatic nitrogens is 4. The molecule has 1 aliphatic heterocycles. The molecule has 5 N–H and O–H groups in total. The average Bonchev–Trinajstić information content (AvgIpc) is 2.88. The van der Waals surface area contributed by atoms with E-state index < -0.39 is 0 Å². The highest BCUT2D eigenvalue weighted by Crippen LogP contribution is 2.06. The smallest absolute Gasteiger partial charge is 0.250 e. The maximum Gasteiger partial charge on any atom is 0.250 e. The van der Waals surface area contributed by atoms with Crippen molar-refractivity contribution in [2.75, 3.05) is 5.73 Å². The number of nitrogens with one attached hydrogen (secondary N) is 3. The molecule has 3 rings (SSSR count). The van der Waals surface area contributed by atoms with E-state index in [4.69, 9.17) is 18.0 Å². The van der Waals surface area contributed by atoms with E-state index in [1.54, 1.807) is 0 Å². The molecule has 0 aliphatic carbocycles. The summed E-state index contributed by atoms with van der Waals surface area (Å²) in [5, 5.41) is 2.03. The van der Waals surface area contributed by atoms with Gasteiger partial charge in [0.05, 0.1) is 6.33 Å². The normalized spacial score (nSPS) is 13.3. The van der Waals surface area contributed by atoms with E-state index in [1.165, 1.54) is 18.5 Å². The molecular weight excluding hydrogens is 256 g/mol. The first kappa shape index (κ1) is 11.9. The Bertz CT molecular complexity index is 684. The molecule has 3 heterocycles. The number of H-pyrrole nitrogens is 2. The molecule has 18 heavy (non-hydrogen) atoms. The number of rotatable bonds is 0. The molecule has 0 spiro atoms. The second kappa shape index (κ2) is 4.75. The van der Waals surface area contributed by atoms with Crippen LogP contribution in [-0.2, 0) is 9.59 Å². The molecule has 8 nitrogen and oxygen atoms in total. The van der Waals surface area contributed by atoms with E-state index in [9.17, 15) is 9.59 Å². The summed E-state index contributed by atoms with van der Waals surface area (Å²) < 4.78 is 0.439. The van der Waals surface area contributed by atoms with Crippen LogP contribution in [0.25, 0.3) is 11.2 Å². The lowest BCUT2D eigenvalue weighted by Gasteiger charge is -1.91. The Hall–Kier alpha value is -2.55. The molecule has 0 radical (unpaired) electrons. The standard InChI is InChI=1S/C5H5N5S.C4H3NO2/c6-5-9-3-2(4(11)10-5)7-1-8-3;6-3-1-2-4(7)5-3/h1H,(H4,6,7,8,9,10,11);1-2H,(H,5,6,7). The number of imide groups is 1. The van der Waals surface area contributed by atoms with Crippen LogP contribution in [0.2, 0.25) is 0 Å². The Kier molecular flexibility index (Phi) is 3.15. The summed E-state index contributed by atoms with van der Waals surface area (Å²) in [7, 11) is 0. The van der Waals surface area contributed by atoms with Gasteiger partial charge in [0.15, 0.2) is 10.3 Å².